The molecule has 3 aliphatic rings. The number of imide groups is 1. The largest absolute Gasteiger partial charge is 0.416 e. The fraction of sp³-hybridized carbons (Fsp3) is 0.436. The van der Waals surface area contributed by atoms with E-state index in [1.165, 1.54) is 12.1 Å². The van der Waals surface area contributed by atoms with Crippen LogP contribution >= 0.6 is 0 Å². The van der Waals surface area contributed by atoms with Gasteiger partial charge in [-0.25, -0.2) is 4.98 Å². The number of alkyl halides is 3. The second-order valence-electron chi connectivity index (χ2n) is 14.3. The van der Waals surface area contributed by atoms with Gasteiger partial charge in [-0.3, -0.25) is 34.8 Å². The quantitative estimate of drug-likeness (QED) is 0.186. The first-order valence-corrected chi connectivity index (χ1v) is 18.0. The number of aliphatic hydroxyl groups is 1. The van der Waals surface area contributed by atoms with Gasteiger partial charge in [-0.05, 0) is 85.0 Å². The fourth-order valence-electron chi connectivity index (χ4n) is 7.84. The van der Waals surface area contributed by atoms with Crippen molar-refractivity contribution in [3.05, 3.63) is 94.5 Å². The first kappa shape index (κ1) is 35.8. The van der Waals surface area contributed by atoms with Crippen LogP contribution in [0.25, 0.3) is 11.0 Å². The van der Waals surface area contributed by atoms with Crippen LogP contribution in [0.1, 0.15) is 83.1 Å². The van der Waals surface area contributed by atoms with Crippen LogP contribution in [0.5, 0.6) is 0 Å². The molecule has 2 aliphatic heterocycles. The van der Waals surface area contributed by atoms with Gasteiger partial charge in [0.15, 0.2) is 0 Å². The monoisotopic (exact) mass is 716 g/mol. The Labute approximate surface area is 300 Å². The normalized spacial score (nSPS) is 22.0. The van der Waals surface area contributed by atoms with Gasteiger partial charge < -0.3 is 9.67 Å². The number of benzene rings is 3. The van der Waals surface area contributed by atoms with E-state index in [4.69, 9.17) is 4.98 Å². The Morgan fingerprint density at radius 1 is 0.865 bits per heavy atom. The highest BCUT2D eigenvalue weighted by Gasteiger charge is 2.32. The molecule has 13 heteroatoms. The highest BCUT2D eigenvalue weighted by Crippen LogP contribution is 2.37. The maximum absolute atomic E-state index is 13.4. The number of nitrogens with one attached hydrogen (secondary N) is 2. The van der Waals surface area contributed by atoms with Crippen molar-refractivity contribution < 1.29 is 32.7 Å². The van der Waals surface area contributed by atoms with Crippen molar-refractivity contribution in [3.63, 3.8) is 0 Å². The molecule has 1 atom stereocenters. The van der Waals surface area contributed by atoms with Crippen molar-refractivity contribution in [1.82, 2.24) is 24.7 Å². The summed E-state index contributed by atoms with van der Waals surface area (Å²) in [6, 6.07) is 18.6. The minimum absolute atomic E-state index is 0.0215. The number of fused-ring (bicyclic) bond motifs is 1. The van der Waals surface area contributed by atoms with Gasteiger partial charge in [-0.2, -0.15) is 13.2 Å². The average Bonchev–Trinajstić information content (AvgIpc) is 3.49. The van der Waals surface area contributed by atoms with Crippen LogP contribution in [-0.2, 0) is 28.9 Å². The van der Waals surface area contributed by atoms with Crippen LogP contribution in [0.15, 0.2) is 66.7 Å². The second-order valence-corrected chi connectivity index (χ2v) is 14.3. The molecule has 1 aromatic heterocycles. The lowest BCUT2D eigenvalue weighted by atomic mass is 9.86. The summed E-state index contributed by atoms with van der Waals surface area (Å²) in [6.45, 7) is 5.11. The average molecular weight is 717 g/mol. The molecule has 2 saturated heterocycles. The second kappa shape index (κ2) is 15.2. The molecule has 3 N–H and O–H groups in total. The van der Waals surface area contributed by atoms with Gasteiger partial charge in [0, 0.05) is 63.9 Å². The molecule has 274 valence electrons. The number of imidazole rings is 1. The number of aromatic nitrogens is 2. The molecule has 1 unspecified atom stereocenters. The number of halogens is 3. The summed E-state index contributed by atoms with van der Waals surface area (Å²) in [6.07, 6.45) is -0.449. The Kier molecular flexibility index (Phi) is 10.4. The van der Waals surface area contributed by atoms with Gasteiger partial charge in [0.1, 0.15) is 0 Å². The van der Waals surface area contributed by atoms with E-state index in [-0.39, 0.29) is 41.9 Å². The Morgan fingerprint density at radius 2 is 1.56 bits per heavy atom. The van der Waals surface area contributed by atoms with Crippen LogP contribution in [0.3, 0.4) is 0 Å². The molecule has 3 heterocycles. The van der Waals surface area contributed by atoms with E-state index in [0.29, 0.717) is 24.3 Å². The highest BCUT2D eigenvalue weighted by atomic mass is 19.4. The molecule has 10 nitrogen and oxygen atoms in total. The lowest BCUT2D eigenvalue weighted by Crippen LogP contribution is -2.45. The van der Waals surface area contributed by atoms with Crippen molar-refractivity contribution in [2.24, 2.45) is 5.92 Å². The Balaban J connectivity index is 1.03. The van der Waals surface area contributed by atoms with Crippen molar-refractivity contribution in [3.8, 4) is 0 Å². The summed E-state index contributed by atoms with van der Waals surface area (Å²) in [5, 5.41) is 15.0. The van der Waals surface area contributed by atoms with Crippen molar-refractivity contribution in [2.75, 3.05) is 38.1 Å². The molecule has 3 amide bonds. The number of piperidine rings is 1. The molecule has 4 aromatic rings. The van der Waals surface area contributed by atoms with E-state index in [1.807, 2.05) is 28.8 Å². The smallest absolute Gasteiger partial charge is 0.396 e. The van der Waals surface area contributed by atoms with E-state index in [0.717, 1.165) is 99.3 Å². The standard InChI is InChI=1S/C39H43F3N6O4/c40-39(41,42)30-6-2-5-29(21-30)36(51)45-38-43-33-20-27(9-13-34(33)48(38)31-10-7-25(24-49)8-11-31)23-47-17-15-46(16-18-47)22-26-3-1-4-28(19-26)32-12-14-35(50)44-37(32)52/h1-6,9,13,19-21,25,31-32,49H,7-8,10-12,14-18,22-24H2,(H,43,45,51)(H,44,50,52). The van der Waals surface area contributed by atoms with Gasteiger partial charge in [0.2, 0.25) is 17.8 Å². The van der Waals surface area contributed by atoms with Crippen LogP contribution in [0, 0.1) is 5.92 Å². The number of hydrogen-bond acceptors (Lipinski definition) is 7. The van der Waals surface area contributed by atoms with Crippen molar-refractivity contribution >= 4 is 34.7 Å². The van der Waals surface area contributed by atoms with E-state index in [9.17, 15) is 32.7 Å². The number of hydrogen-bond donors (Lipinski definition) is 3. The first-order valence-electron chi connectivity index (χ1n) is 18.0. The maximum Gasteiger partial charge on any atom is 0.416 e. The molecule has 0 bridgehead atoms. The van der Waals surface area contributed by atoms with E-state index < -0.39 is 17.6 Å². The third-order valence-corrected chi connectivity index (χ3v) is 10.7. The third-order valence-electron chi connectivity index (χ3n) is 10.7. The molecule has 1 saturated carbocycles. The number of piperazine rings is 1. The van der Waals surface area contributed by atoms with Crippen LogP contribution in [-0.4, -0.2) is 75.0 Å². The molecule has 0 radical (unpaired) electrons. The number of carbonyl (C=O) groups is 3. The van der Waals surface area contributed by atoms with Crippen LogP contribution in [0.4, 0.5) is 19.1 Å². The SMILES string of the molecule is O=C1CCC(c2cccc(CN3CCN(Cc4ccc5c(c4)nc(NC(=O)c4cccc(C(F)(F)F)c4)n5C4CCC(CO)CC4)CC3)c2)C(=O)N1. The molecule has 7 rings (SSSR count). The van der Waals surface area contributed by atoms with Crippen molar-refractivity contribution in [2.45, 2.75) is 69.8 Å². The molecular formula is C39H43F3N6O4. The summed E-state index contributed by atoms with van der Waals surface area (Å²) in [5.41, 5.74) is 3.71. The lowest BCUT2D eigenvalue weighted by Gasteiger charge is -2.35. The highest BCUT2D eigenvalue weighted by molar-refractivity contribution is 6.04. The van der Waals surface area contributed by atoms with Gasteiger partial charge >= 0.3 is 6.18 Å². The van der Waals surface area contributed by atoms with Gasteiger partial charge in [-0.1, -0.05) is 36.4 Å². The van der Waals surface area contributed by atoms with Crippen LogP contribution in [0.2, 0.25) is 0 Å². The van der Waals surface area contributed by atoms with E-state index in [1.54, 1.807) is 0 Å². The zero-order valence-electron chi connectivity index (χ0n) is 28.9. The zero-order chi connectivity index (χ0) is 36.4. The summed E-state index contributed by atoms with van der Waals surface area (Å²) >= 11 is 0. The van der Waals surface area contributed by atoms with Gasteiger partial charge in [0.25, 0.3) is 5.91 Å². The predicted molar refractivity (Wildman–Crippen MR) is 189 cm³/mol. The Bertz CT molecular complexity index is 1950. The number of nitrogens with zero attached hydrogens (tertiary/aromatic N) is 4. The Hall–Kier alpha value is -4.59. The molecule has 52 heavy (non-hydrogen) atoms. The number of amides is 3. The van der Waals surface area contributed by atoms with Gasteiger partial charge in [0.05, 0.1) is 22.5 Å². The first-order chi connectivity index (χ1) is 25.0. The van der Waals surface area contributed by atoms with E-state index in [2.05, 4.69) is 38.6 Å². The number of anilines is 1. The maximum atomic E-state index is 13.4. The number of aliphatic hydroxyl groups excluding tert-OH is 1. The van der Waals surface area contributed by atoms with E-state index >= 15 is 0 Å². The molecule has 1 aliphatic carbocycles. The minimum atomic E-state index is -4.57. The molecular weight excluding hydrogens is 673 g/mol. The summed E-state index contributed by atoms with van der Waals surface area (Å²) in [7, 11) is 0. The van der Waals surface area contributed by atoms with Gasteiger partial charge in [-0.15, -0.1) is 0 Å². The summed E-state index contributed by atoms with van der Waals surface area (Å²) < 4.78 is 42.1. The lowest BCUT2D eigenvalue weighted by molar-refractivity contribution is -0.138. The topological polar surface area (TPSA) is 120 Å². The number of rotatable bonds is 9. The Morgan fingerprint density at radius 3 is 2.23 bits per heavy atom. The summed E-state index contributed by atoms with van der Waals surface area (Å²) in [4.78, 5) is 46.9. The number of carbonyl (C=O) groups excluding carboxylic acids is 3. The molecule has 3 fully saturated rings. The third kappa shape index (κ3) is 8.06. The van der Waals surface area contributed by atoms with Crippen molar-refractivity contribution in [1.29, 1.82) is 0 Å². The minimum Gasteiger partial charge on any atom is -0.396 e. The zero-order valence-corrected chi connectivity index (χ0v) is 28.9. The predicted octanol–water partition coefficient (Wildman–Crippen LogP) is 5.87. The summed E-state index contributed by atoms with van der Waals surface area (Å²) in [5.74, 6) is -0.878. The van der Waals surface area contributed by atoms with Crippen LogP contribution < -0.4 is 10.6 Å². The molecule has 0 spiro atoms. The fourth-order valence-corrected chi connectivity index (χ4v) is 7.84. The molecule has 3 aromatic carbocycles.